The largest absolute Gasteiger partial charge is 0.481 e. The van der Waals surface area contributed by atoms with Crippen LogP contribution >= 0.6 is 0 Å². The number of carbonyl (C=O) groups is 12. The van der Waals surface area contributed by atoms with Gasteiger partial charge < -0.3 is 65.8 Å². The topological polar surface area (TPSA) is 316 Å². The number of aliphatic hydroxyl groups is 1. The number of hydrogen-bond donors (Lipinski definition) is 6. The maximum Gasteiger partial charge on any atom is 0.300 e. The summed E-state index contributed by atoms with van der Waals surface area (Å²) in [5, 5.41) is 28.3. The maximum absolute atomic E-state index is 14.7. The summed E-state index contributed by atoms with van der Waals surface area (Å²) >= 11 is 0. The van der Waals surface area contributed by atoms with E-state index in [4.69, 9.17) is 9.90 Å². The Kier molecular flexibility index (Phi) is 46.0. The predicted octanol–water partition coefficient (Wildman–Crippen LogP) is 4.47. The number of rotatable bonds is 14. The molecule has 0 aromatic heterocycles. The third-order valence-corrected chi connectivity index (χ3v) is 14.8. The number of aliphatic hydroxyl groups excluding tert-OH is 1. The van der Waals surface area contributed by atoms with E-state index < -0.39 is 151 Å². The molecule has 91 heavy (non-hydrogen) atoms. The lowest BCUT2D eigenvalue weighted by Gasteiger charge is -2.38. The van der Waals surface area contributed by atoms with Crippen LogP contribution in [0.25, 0.3) is 0 Å². The van der Waals surface area contributed by atoms with Gasteiger partial charge in [-0.05, 0) is 101 Å². The van der Waals surface area contributed by atoms with Crippen molar-refractivity contribution >= 4 is 70.9 Å². The van der Waals surface area contributed by atoms with Crippen LogP contribution in [0.15, 0.2) is 0 Å². The SMILES string of the molecule is C#C.CC.CC(=O)O.CC(C)C[C@H]1C(=O)NC(C(C)C)C(=O)N(C)[C@@H](CC(C)C)C(=O)N[C@@H](C)C(=O)N[C@H](C)C(=O)N(C)[C@@H](CC(C)C)C(=O)N(C)[C@@H](CC(C)C)C(=O)N(C)CC(=O)N(C)C(C[C@H](C)CCC(C)O)C(=O)NCC(=O)N(C)CC(=O)N1C.CCC. The van der Waals surface area contributed by atoms with Crippen molar-refractivity contribution in [2.75, 3.05) is 69.0 Å². The average molecular weight is 1290 g/mol. The number of likely N-dealkylation sites (N-methyl/N-ethyl adjacent to an activating group) is 7. The van der Waals surface area contributed by atoms with E-state index in [1.54, 1.807) is 20.8 Å². The summed E-state index contributed by atoms with van der Waals surface area (Å²) in [7, 11) is 9.95. The van der Waals surface area contributed by atoms with Crippen LogP contribution in [0.4, 0.5) is 0 Å². The summed E-state index contributed by atoms with van der Waals surface area (Å²) in [5.41, 5.74) is 0. The molecule has 0 bridgehead atoms. The van der Waals surface area contributed by atoms with Crippen LogP contribution in [-0.4, -0.2) is 239 Å². The van der Waals surface area contributed by atoms with Crippen LogP contribution in [0.1, 0.15) is 183 Å². The number of nitrogens with one attached hydrogen (secondary N) is 4. The number of carboxylic acids is 1. The van der Waals surface area contributed by atoms with Gasteiger partial charge in [-0.15, -0.1) is 12.8 Å². The van der Waals surface area contributed by atoms with Gasteiger partial charge >= 0.3 is 0 Å². The van der Waals surface area contributed by atoms with E-state index in [0.717, 1.165) is 11.8 Å². The molecule has 0 saturated carbocycles. The van der Waals surface area contributed by atoms with Crippen molar-refractivity contribution in [2.24, 2.45) is 35.5 Å². The highest BCUT2D eigenvalue weighted by Crippen LogP contribution is 2.23. The normalized spacial score (nSPS) is 23.2. The van der Waals surface area contributed by atoms with Gasteiger partial charge in [0.15, 0.2) is 0 Å². The number of carboxylic acid groups (broad SMARTS) is 1. The molecule has 0 aliphatic carbocycles. The fraction of sp³-hybridized carbons (Fsp3) is 0.788. The molecule has 1 heterocycles. The first kappa shape index (κ1) is 90.6. The number of amides is 11. The summed E-state index contributed by atoms with van der Waals surface area (Å²) in [5.74, 6) is -9.00. The van der Waals surface area contributed by atoms with E-state index in [2.05, 4.69) is 48.0 Å². The lowest BCUT2D eigenvalue weighted by molar-refractivity contribution is -0.152. The molecule has 1 rings (SSSR count). The molecule has 6 N–H and O–H groups in total. The van der Waals surface area contributed by atoms with Crippen molar-refractivity contribution in [2.45, 2.75) is 237 Å². The molecule has 25 heteroatoms. The van der Waals surface area contributed by atoms with E-state index in [0.29, 0.717) is 12.8 Å². The van der Waals surface area contributed by atoms with Crippen molar-refractivity contribution in [3.8, 4) is 12.8 Å². The Hall–Kier alpha value is -6.84. The van der Waals surface area contributed by atoms with E-state index >= 15 is 0 Å². The minimum atomic E-state index is -1.21. The standard InChI is InChI=1S/C57H103N11O12.C3H8.C2H4O2.C2H6.C2H2/c1-32(2)24-41-53(76)61-49(36(9)10)57(80)66(19)42(25-33(3)4)52(75)59-39(13)50(73)60-40(14)54(77)67(20)45(27-35(7)8)56(79)68(21)44(26-34(5)6)55(78)63(16)31-48(72)65(18)43(28-37(11)22-23-38(12)69)51(74)58-29-46(70)62(15)30-47(71)64(41)17;1-3-2;1-2(3)4;2*1-2/h32-45,49,69H,22-31H2,1-21H3,(H,58,74)(H,59,75)(H,60,73)(H,61,76);3H2,1-2H3;1H3,(H,3,4);1-2H3;1-2H/t37-,38?,39+,40-,41+,42+,43?,44+,45+,49?;;;;/m1..../s1. The van der Waals surface area contributed by atoms with Crippen LogP contribution < -0.4 is 21.3 Å². The number of terminal acetylenes is 1. The van der Waals surface area contributed by atoms with Gasteiger partial charge in [-0.2, -0.15) is 0 Å². The molecule has 0 aromatic carbocycles. The molecular formula is C66H123N11O14. The minimum absolute atomic E-state index is 0.115. The Morgan fingerprint density at radius 2 is 0.813 bits per heavy atom. The van der Waals surface area contributed by atoms with Gasteiger partial charge in [0, 0.05) is 56.3 Å². The number of nitrogens with zero attached hydrogens (tertiary/aromatic N) is 7. The molecule has 25 nitrogen and oxygen atoms in total. The first-order chi connectivity index (χ1) is 42.0. The second kappa shape index (κ2) is 46.3. The molecule has 1 aliphatic rings. The van der Waals surface area contributed by atoms with Crippen molar-refractivity contribution < 1.29 is 67.7 Å². The zero-order valence-corrected chi connectivity index (χ0v) is 60.5. The molecule has 0 aromatic rings. The lowest BCUT2D eigenvalue weighted by atomic mass is 9.94. The molecule has 1 fully saturated rings. The monoisotopic (exact) mass is 1290 g/mol. The van der Waals surface area contributed by atoms with E-state index in [9.17, 15) is 57.8 Å². The average Bonchev–Trinajstić information content (AvgIpc) is 1.30. The smallest absolute Gasteiger partial charge is 0.300 e. The van der Waals surface area contributed by atoms with Gasteiger partial charge in [0.25, 0.3) is 5.97 Å². The second-order valence-electron chi connectivity index (χ2n) is 25.8. The van der Waals surface area contributed by atoms with E-state index in [1.807, 2.05) is 76.2 Å². The summed E-state index contributed by atoms with van der Waals surface area (Å²) in [6.07, 6.45) is 10.4. The molecule has 526 valence electrons. The quantitative estimate of drug-likeness (QED) is 0.131. The van der Waals surface area contributed by atoms with Crippen molar-refractivity contribution in [1.29, 1.82) is 0 Å². The van der Waals surface area contributed by atoms with Crippen molar-refractivity contribution in [1.82, 2.24) is 55.6 Å². The molecule has 0 spiro atoms. The van der Waals surface area contributed by atoms with Gasteiger partial charge in [0.05, 0.1) is 25.7 Å². The molecule has 1 aliphatic heterocycles. The fourth-order valence-electron chi connectivity index (χ4n) is 9.55. The summed E-state index contributed by atoms with van der Waals surface area (Å²) < 4.78 is 0. The first-order valence-corrected chi connectivity index (χ1v) is 32.2. The Labute approximate surface area is 547 Å². The molecular weight excluding hydrogens is 1170 g/mol. The highest BCUT2D eigenvalue weighted by molar-refractivity contribution is 5.98. The highest BCUT2D eigenvalue weighted by Gasteiger charge is 2.41. The van der Waals surface area contributed by atoms with Crippen LogP contribution in [0.3, 0.4) is 0 Å². The summed E-state index contributed by atoms with van der Waals surface area (Å²) in [4.78, 5) is 174. The van der Waals surface area contributed by atoms with Gasteiger partial charge in [-0.1, -0.05) is 110 Å². The number of hydrogen-bond acceptors (Lipinski definition) is 13. The summed E-state index contributed by atoms with van der Waals surface area (Å²) in [6, 6.07) is -9.14. The zero-order valence-electron chi connectivity index (χ0n) is 60.5. The minimum Gasteiger partial charge on any atom is -0.481 e. The van der Waals surface area contributed by atoms with Gasteiger partial charge in [0.2, 0.25) is 65.0 Å². The van der Waals surface area contributed by atoms with Crippen molar-refractivity contribution in [3.63, 3.8) is 0 Å². The first-order valence-electron chi connectivity index (χ1n) is 32.2. The molecule has 1 saturated heterocycles. The van der Waals surface area contributed by atoms with Crippen molar-refractivity contribution in [3.05, 3.63) is 0 Å². The number of aliphatic carboxylic acids is 1. The molecule has 3 unspecified atom stereocenters. The lowest BCUT2D eigenvalue weighted by Crippen LogP contribution is -2.60. The maximum atomic E-state index is 14.7. The van der Waals surface area contributed by atoms with Crippen LogP contribution in [0, 0.1) is 48.4 Å². The summed E-state index contributed by atoms with van der Waals surface area (Å²) in [6.45, 7) is 32.5. The predicted molar refractivity (Wildman–Crippen MR) is 356 cm³/mol. The van der Waals surface area contributed by atoms with Gasteiger partial charge in [-0.25, -0.2) is 0 Å². The fourth-order valence-corrected chi connectivity index (χ4v) is 9.55. The molecule has 11 amide bonds. The Morgan fingerprint density at radius 1 is 0.473 bits per heavy atom. The molecule has 0 radical (unpaired) electrons. The van der Waals surface area contributed by atoms with Gasteiger partial charge in [-0.3, -0.25) is 57.5 Å². The highest BCUT2D eigenvalue weighted by atomic mass is 16.4. The Bertz CT molecular complexity index is 2310. The van der Waals surface area contributed by atoms with Crippen LogP contribution in [0.2, 0.25) is 0 Å². The Balaban J connectivity index is -0.00000320. The van der Waals surface area contributed by atoms with Crippen LogP contribution in [0.5, 0.6) is 0 Å². The third kappa shape index (κ3) is 33.9. The Morgan fingerprint density at radius 3 is 1.22 bits per heavy atom. The second-order valence-corrected chi connectivity index (χ2v) is 25.8. The van der Waals surface area contributed by atoms with Gasteiger partial charge in [0.1, 0.15) is 48.3 Å². The number of carbonyl (C=O) groups excluding carboxylic acids is 11. The third-order valence-electron chi connectivity index (χ3n) is 14.8. The molecule has 10 atom stereocenters. The van der Waals surface area contributed by atoms with E-state index in [1.165, 1.54) is 99.0 Å². The van der Waals surface area contributed by atoms with Crippen LogP contribution in [-0.2, 0) is 57.5 Å². The van der Waals surface area contributed by atoms with E-state index in [-0.39, 0.29) is 61.7 Å². The zero-order chi connectivity index (χ0) is 72.2.